The van der Waals surface area contributed by atoms with Crippen LogP contribution in [0.15, 0.2) is 30.5 Å². The summed E-state index contributed by atoms with van der Waals surface area (Å²) in [5, 5.41) is 3.93. The third kappa shape index (κ3) is 2.86. The molecular weight excluding hydrogens is 357 g/mol. The fourth-order valence-electron chi connectivity index (χ4n) is 3.00. The average molecular weight is 367 g/mol. The zero-order valence-corrected chi connectivity index (χ0v) is 13.3. The Balaban J connectivity index is 1.77. The lowest BCUT2D eigenvalue weighted by molar-refractivity contribution is -0.144. The van der Waals surface area contributed by atoms with E-state index in [0.717, 1.165) is 10.1 Å². The topological polar surface area (TPSA) is 60.2 Å². The standard InChI is InChI=1S/C16H10ClF3N4O/c17-10-3-1-2-8(4-10)9-5-12-11(13(25)6-9)7-24-15(21-12)22-14(23-24)16(18,19)20/h1-4,7,9H,5-6H2/t9-/m1/s1. The number of carbonyl (C=O) groups excluding carboxylic acids is 1. The van der Waals surface area contributed by atoms with Gasteiger partial charge in [0.05, 0.1) is 11.3 Å². The van der Waals surface area contributed by atoms with Crippen molar-refractivity contribution < 1.29 is 18.0 Å². The summed E-state index contributed by atoms with van der Waals surface area (Å²) in [7, 11) is 0. The first kappa shape index (κ1) is 16.0. The highest BCUT2D eigenvalue weighted by Crippen LogP contribution is 2.33. The molecule has 0 aliphatic heterocycles. The smallest absolute Gasteiger partial charge is 0.294 e. The van der Waals surface area contributed by atoms with Crippen LogP contribution < -0.4 is 0 Å². The van der Waals surface area contributed by atoms with E-state index in [1.807, 2.05) is 6.07 Å². The minimum Gasteiger partial charge on any atom is -0.294 e. The molecule has 2 aromatic heterocycles. The average Bonchev–Trinajstić information content (AvgIpc) is 2.96. The van der Waals surface area contributed by atoms with E-state index >= 15 is 0 Å². The molecule has 0 bridgehead atoms. The second-order valence-corrected chi connectivity index (χ2v) is 6.30. The maximum absolute atomic E-state index is 12.8. The van der Waals surface area contributed by atoms with E-state index < -0.39 is 12.0 Å². The molecule has 0 N–H and O–H groups in total. The highest BCUT2D eigenvalue weighted by Gasteiger charge is 2.37. The van der Waals surface area contributed by atoms with Crippen LogP contribution in [-0.2, 0) is 12.6 Å². The molecule has 128 valence electrons. The molecule has 0 unspecified atom stereocenters. The maximum Gasteiger partial charge on any atom is 0.453 e. The number of hydrogen-bond donors (Lipinski definition) is 0. The molecule has 1 atom stereocenters. The summed E-state index contributed by atoms with van der Waals surface area (Å²) >= 11 is 6.00. The van der Waals surface area contributed by atoms with E-state index in [9.17, 15) is 18.0 Å². The summed E-state index contributed by atoms with van der Waals surface area (Å²) < 4.78 is 39.2. The summed E-state index contributed by atoms with van der Waals surface area (Å²) in [5.41, 5.74) is 1.60. The third-order valence-corrected chi connectivity index (χ3v) is 4.39. The zero-order chi connectivity index (χ0) is 17.8. The Bertz CT molecular complexity index is 999. The zero-order valence-electron chi connectivity index (χ0n) is 12.6. The van der Waals surface area contributed by atoms with Crippen molar-refractivity contribution in [2.75, 3.05) is 0 Å². The molecule has 0 saturated heterocycles. The predicted molar refractivity (Wildman–Crippen MR) is 82.6 cm³/mol. The van der Waals surface area contributed by atoms with Gasteiger partial charge in [-0.3, -0.25) is 4.79 Å². The number of benzene rings is 1. The van der Waals surface area contributed by atoms with Crippen LogP contribution in [0.1, 0.15) is 39.8 Å². The van der Waals surface area contributed by atoms with Gasteiger partial charge < -0.3 is 0 Å². The van der Waals surface area contributed by atoms with E-state index in [1.54, 1.807) is 18.2 Å². The van der Waals surface area contributed by atoms with Crippen molar-refractivity contribution in [3.05, 3.63) is 58.1 Å². The largest absolute Gasteiger partial charge is 0.453 e. The molecule has 4 rings (SSSR count). The van der Waals surface area contributed by atoms with Crippen molar-refractivity contribution in [3.63, 3.8) is 0 Å². The van der Waals surface area contributed by atoms with Crippen LogP contribution >= 0.6 is 11.6 Å². The summed E-state index contributed by atoms with van der Waals surface area (Å²) in [6, 6.07) is 7.18. The molecule has 3 aromatic rings. The first-order valence-corrected chi connectivity index (χ1v) is 7.81. The van der Waals surface area contributed by atoms with Crippen LogP contribution in [0.25, 0.3) is 5.78 Å². The van der Waals surface area contributed by atoms with E-state index in [-0.39, 0.29) is 29.5 Å². The number of ketones is 1. The lowest BCUT2D eigenvalue weighted by atomic mass is 9.82. The fraction of sp³-hybridized carbons (Fsp3) is 0.250. The molecule has 2 heterocycles. The van der Waals surface area contributed by atoms with Crippen molar-refractivity contribution in [2.24, 2.45) is 0 Å². The number of alkyl halides is 3. The minimum absolute atomic E-state index is 0.126. The molecule has 1 aliphatic rings. The number of hydrogen-bond acceptors (Lipinski definition) is 4. The molecule has 1 aliphatic carbocycles. The van der Waals surface area contributed by atoms with E-state index in [1.165, 1.54) is 6.20 Å². The molecule has 0 amide bonds. The summed E-state index contributed by atoms with van der Waals surface area (Å²) in [6.45, 7) is 0. The molecule has 0 spiro atoms. The van der Waals surface area contributed by atoms with E-state index in [0.29, 0.717) is 17.1 Å². The summed E-state index contributed by atoms with van der Waals surface area (Å²) in [4.78, 5) is 20.0. The van der Waals surface area contributed by atoms with Gasteiger partial charge in [0.2, 0.25) is 0 Å². The van der Waals surface area contributed by atoms with Gasteiger partial charge >= 0.3 is 6.18 Å². The lowest BCUT2D eigenvalue weighted by Gasteiger charge is -2.23. The van der Waals surface area contributed by atoms with Gasteiger partial charge in [0.1, 0.15) is 0 Å². The van der Waals surface area contributed by atoms with Crippen molar-refractivity contribution >= 4 is 23.2 Å². The fourth-order valence-corrected chi connectivity index (χ4v) is 3.20. The Morgan fingerprint density at radius 1 is 1.20 bits per heavy atom. The van der Waals surface area contributed by atoms with Crippen LogP contribution in [0.4, 0.5) is 13.2 Å². The number of nitrogens with zero attached hydrogens (tertiary/aromatic N) is 4. The SMILES string of the molecule is O=C1C[C@H](c2cccc(Cl)c2)Cc2nc3nc(C(F)(F)F)nn3cc21. The number of Topliss-reactive ketones (excluding diaryl/α,β-unsaturated/α-hetero) is 1. The normalized spacial score (nSPS) is 17.8. The van der Waals surface area contributed by atoms with Crippen molar-refractivity contribution in [1.82, 2.24) is 19.6 Å². The van der Waals surface area contributed by atoms with Gasteiger partial charge in [0.25, 0.3) is 11.6 Å². The number of fused-ring (bicyclic) bond motifs is 2. The Kier molecular flexibility index (Phi) is 3.54. The van der Waals surface area contributed by atoms with Gasteiger partial charge in [0, 0.05) is 17.6 Å². The van der Waals surface area contributed by atoms with Gasteiger partial charge in [-0.15, -0.1) is 5.10 Å². The first-order chi connectivity index (χ1) is 11.8. The number of halogens is 4. The highest BCUT2D eigenvalue weighted by molar-refractivity contribution is 6.30. The Morgan fingerprint density at radius 2 is 2.00 bits per heavy atom. The van der Waals surface area contributed by atoms with Gasteiger partial charge in [0.15, 0.2) is 5.78 Å². The minimum atomic E-state index is -4.67. The molecule has 5 nitrogen and oxygen atoms in total. The van der Waals surface area contributed by atoms with Crippen LogP contribution in [0.5, 0.6) is 0 Å². The maximum atomic E-state index is 12.8. The number of aromatic nitrogens is 4. The third-order valence-electron chi connectivity index (χ3n) is 4.16. The molecule has 0 saturated carbocycles. The highest BCUT2D eigenvalue weighted by atomic mass is 35.5. The second kappa shape index (κ2) is 5.52. The van der Waals surface area contributed by atoms with Gasteiger partial charge in [-0.2, -0.15) is 18.2 Å². The molecule has 0 radical (unpaired) electrons. The van der Waals surface area contributed by atoms with Gasteiger partial charge in [-0.05, 0) is 30.0 Å². The van der Waals surface area contributed by atoms with Crippen molar-refractivity contribution in [1.29, 1.82) is 0 Å². The first-order valence-electron chi connectivity index (χ1n) is 7.43. The molecular formula is C16H10ClF3N4O. The van der Waals surface area contributed by atoms with Crippen LogP contribution in [0, 0.1) is 0 Å². The van der Waals surface area contributed by atoms with Crippen LogP contribution in [0.2, 0.25) is 5.02 Å². The second-order valence-electron chi connectivity index (χ2n) is 5.86. The van der Waals surface area contributed by atoms with Gasteiger partial charge in [-0.1, -0.05) is 23.7 Å². The summed E-state index contributed by atoms with van der Waals surface area (Å²) in [6.07, 6.45) is -2.73. The molecule has 9 heteroatoms. The monoisotopic (exact) mass is 366 g/mol. The number of carbonyl (C=O) groups is 1. The van der Waals surface area contributed by atoms with Gasteiger partial charge in [-0.25, -0.2) is 9.50 Å². The Morgan fingerprint density at radius 3 is 2.72 bits per heavy atom. The van der Waals surface area contributed by atoms with Crippen molar-refractivity contribution in [2.45, 2.75) is 24.9 Å². The molecule has 0 fully saturated rings. The Hall–Kier alpha value is -2.48. The Labute approximate surface area is 144 Å². The molecule has 1 aromatic carbocycles. The predicted octanol–water partition coefficient (Wildman–Crippen LogP) is 3.71. The van der Waals surface area contributed by atoms with Crippen molar-refractivity contribution in [3.8, 4) is 0 Å². The summed E-state index contributed by atoms with van der Waals surface area (Å²) in [5.74, 6) is -1.77. The quantitative estimate of drug-likeness (QED) is 0.658. The van der Waals surface area contributed by atoms with Crippen LogP contribution in [-0.4, -0.2) is 25.4 Å². The van der Waals surface area contributed by atoms with E-state index in [4.69, 9.17) is 11.6 Å². The number of rotatable bonds is 1. The van der Waals surface area contributed by atoms with Crippen LogP contribution in [0.3, 0.4) is 0 Å². The molecule has 25 heavy (non-hydrogen) atoms. The van der Waals surface area contributed by atoms with E-state index in [2.05, 4.69) is 15.1 Å². The lowest BCUT2D eigenvalue weighted by Crippen LogP contribution is -2.21.